The van der Waals surface area contributed by atoms with Crippen LogP contribution in [0.2, 0.25) is 0 Å². The van der Waals surface area contributed by atoms with E-state index in [2.05, 4.69) is 4.90 Å². The first-order chi connectivity index (χ1) is 13.0. The molecule has 0 saturated carbocycles. The zero-order chi connectivity index (χ0) is 19.4. The van der Waals surface area contributed by atoms with E-state index in [-0.39, 0.29) is 17.9 Å². The van der Waals surface area contributed by atoms with Gasteiger partial charge in [-0.25, -0.2) is 4.79 Å². The lowest BCUT2D eigenvalue weighted by atomic mass is 9.94. The van der Waals surface area contributed by atoms with Crippen LogP contribution < -0.4 is 4.90 Å². The number of benzene rings is 1. The third-order valence-electron chi connectivity index (χ3n) is 5.48. The Balaban J connectivity index is 1.48. The second-order valence-corrected chi connectivity index (χ2v) is 7.46. The number of urea groups is 1. The number of carbonyl (C=O) groups excluding carboxylic acids is 3. The van der Waals surface area contributed by atoms with Crippen LogP contribution in [0.3, 0.4) is 0 Å². The predicted octanol–water partition coefficient (Wildman–Crippen LogP) is 1.54. The lowest BCUT2D eigenvalue weighted by Crippen LogP contribution is -2.54. The Morgan fingerprint density at radius 3 is 2.00 bits per heavy atom. The number of amides is 3. The molecule has 0 N–H and O–H groups in total. The summed E-state index contributed by atoms with van der Waals surface area (Å²) in [6.07, 6.45) is 2.52. The number of piperidine rings is 1. The van der Waals surface area contributed by atoms with Gasteiger partial charge in [0.15, 0.2) is 0 Å². The van der Waals surface area contributed by atoms with E-state index >= 15 is 0 Å². The minimum Gasteiger partial charge on any atom is -0.371 e. The molecule has 2 aliphatic heterocycles. The largest absolute Gasteiger partial charge is 0.371 e. The molecule has 0 spiro atoms. The van der Waals surface area contributed by atoms with Crippen LogP contribution in [0.15, 0.2) is 24.3 Å². The monoisotopic (exact) mass is 372 g/mol. The Bertz CT molecular complexity index is 673. The van der Waals surface area contributed by atoms with Crippen LogP contribution >= 0.6 is 0 Å². The maximum Gasteiger partial charge on any atom is 0.319 e. The lowest BCUT2D eigenvalue weighted by Gasteiger charge is -2.39. The first-order valence-electron chi connectivity index (χ1n) is 9.55. The van der Waals surface area contributed by atoms with Gasteiger partial charge in [-0.2, -0.15) is 0 Å². The van der Waals surface area contributed by atoms with Crippen molar-refractivity contribution in [3.05, 3.63) is 29.8 Å². The number of carbonyl (C=O) groups is 3. The number of hydrogen-bond acceptors (Lipinski definition) is 4. The fourth-order valence-corrected chi connectivity index (χ4v) is 3.81. The van der Waals surface area contributed by atoms with Gasteiger partial charge in [-0.1, -0.05) is 0 Å². The van der Waals surface area contributed by atoms with Crippen LogP contribution in [0.25, 0.3) is 0 Å². The summed E-state index contributed by atoms with van der Waals surface area (Å²) in [7, 11) is 3.50. The topological polar surface area (TPSA) is 64.2 Å². The first kappa shape index (κ1) is 19.2. The molecule has 1 aromatic rings. The molecule has 7 nitrogen and oxygen atoms in total. The van der Waals surface area contributed by atoms with E-state index in [9.17, 15) is 14.4 Å². The average molecular weight is 372 g/mol. The molecule has 0 radical (unpaired) electrons. The SMILES string of the molecule is CN(C)C(=O)N1CCN(C(=O)C2CCN(c3ccc(C=O)cc3)CC2)CC1. The molecule has 2 saturated heterocycles. The molecule has 7 heteroatoms. The van der Waals surface area contributed by atoms with Crippen molar-refractivity contribution in [1.29, 1.82) is 0 Å². The van der Waals surface area contributed by atoms with E-state index in [1.54, 1.807) is 23.9 Å². The molecule has 3 amide bonds. The predicted molar refractivity (Wildman–Crippen MR) is 104 cm³/mol. The molecule has 0 atom stereocenters. The van der Waals surface area contributed by atoms with Crippen LogP contribution in [-0.2, 0) is 4.79 Å². The Labute approximate surface area is 160 Å². The molecule has 2 fully saturated rings. The van der Waals surface area contributed by atoms with Crippen LogP contribution in [0.4, 0.5) is 10.5 Å². The first-order valence-corrected chi connectivity index (χ1v) is 9.55. The van der Waals surface area contributed by atoms with Crippen LogP contribution in [-0.4, -0.2) is 86.3 Å². The second kappa shape index (κ2) is 8.41. The van der Waals surface area contributed by atoms with Crippen LogP contribution in [0.1, 0.15) is 23.2 Å². The Kier molecular flexibility index (Phi) is 5.98. The van der Waals surface area contributed by atoms with Gasteiger partial charge < -0.3 is 19.6 Å². The van der Waals surface area contributed by atoms with Gasteiger partial charge >= 0.3 is 6.03 Å². The summed E-state index contributed by atoms with van der Waals surface area (Å²) in [4.78, 5) is 43.2. The molecule has 0 aliphatic carbocycles. The average Bonchev–Trinajstić information content (AvgIpc) is 2.73. The molecule has 0 bridgehead atoms. The summed E-state index contributed by atoms with van der Waals surface area (Å²) >= 11 is 0. The molecule has 0 aromatic heterocycles. The molecule has 1 aromatic carbocycles. The molecule has 27 heavy (non-hydrogen) atoms. The van der Waals surface area contributed by atoms with E-state index in [1.807, 2.05) is 29.2 Å². The number of nitrogens with zero attached hydrogens (tertiary/aromatic N) is 4. The van der Waals surface area contributed by atoms with E-state index in [1.165, 1.54) is 0 Å². The standard InChI is InChI=1S/C20H28N4O3/c1-21(2)20(27)24-13-11-23(12-14-24)19(26)17-7-9-22(10-8-17)18-5-3-16(15-25)4-6-18/h3-6,15,17H,7-14H2,1-2H3. The van der Waals surface area contributed by atoms with Gasteiger partial charge in [0.2, 0.25) is 5.91 Å². The summed E-state index contributed by atoms with van der Waals surface area (Å²) in [6, 6.07) is 7.60. The molecule has 146 valence electrons. The highest BCUT2D eigenvalue weighted by Crippen LogP contribution is 2.25. The lowest BCUT2D eigenvalue weighted by molar-refractivity contribution is -0.137. The highest BCUT2D eigenvalue weighted by Gasteiger charge is 2.31. The fourth-order valence-electron chi connectivity index (χ4n) is 3.81. The van der Waals surface area contributed by atoms with Crippen molar-refractivity contribution >= 4 is 23.9 Å². The number of hydrogen-bond donors (Lipinski definition) is 0. The normalized spacial score (nSPS) is 18.4. The van der Waals surface area contributed by atoms with E-state index < -0.39 is 0 Å². The minimum absolute atomic E-state index is 0.0102. The number of piperazine rings is 1. The van der Waals surface area contributed by atoms with Crippen molar-refractivity contribution in [1.82, 2.24) is 14.7 Å². The highest BCUT2D eigenvalue weighted by molar-refractivity contribution is 5.80. The molecule has 2 aliphatic rings. The van der Waals surface area contributed by atoms with Gasteiger partial charge in [-0.3, -0.25) is 9.59 Å². The summed E-state index contributed by atoms with van der Waals surface area (Å²) in [5.41, 5.74) is 1.78. The molecule has 0 unspecified atom stereocenters. The van der Waals surface area contributed by atoms with Gasteiger partial charge in [-0.15, -0.1) is 0 Å². The third-order valence-corrected chi connectivity index (χ3v) is 5.48. The molecule has 2 heterocycles. The zero-order valence-electron chi connectivity index (χ0n) is 16.1. The fraction of sp³-hybridized carbons (Fsp3) is 0.550. The second-order valence-electron chi connectivity index (χ2n) is 7.46. The van der Waals surface area contributed by atoms with Gasteiger partial charge in [0.25, 0.3) is 0 Å². The van der Waals surface area contributed by atoms with Crippen molar-refractivity contribution in [2.45, 2.75) is 12.8 Å². The quantitative estimate of drug-likeness (QED) is 0.755. The number of anilines is 1. The van der Waals surface area contributed by atoms with E-state index in [0.29, 0.717) is 31.7 Å². The molecular formula is C20H28N4O3. The van der Waals surface area contributed by atoms with E-state index in [0.717, 1.165) is 37.9 Å². The van der Waals surface area contributed by atoms with Crippen molar-refractivity contribution in [3.8, 4) is 0 Å². The summed E-state index contributed by atoms with van der Waals surface area (Å²) in [5, 5.41) is 0. The van der Waals surface area contributed by atoms with Crippen molar-refractivity contribution in [2.24, 2.45) is 5.92 Å². The van der Waals surface area contributed by atoms with Crippen molar-refractivity contribution in [2.75, 3.05) is 58.3 Å². The Morgan fingerprint density at radius 2 is 1.48 bits per heavy atom. The van der Waals surface area contributed by atoms with E-state index in [4.69, 9.17) is 0 Å². The maximum absolute atomic E-state index is 12.8. The molecular weight excluding hydrogens is 344 g/mol. The van der Waals surface area contributed by atoms with Crippen molar-refractivity contribution in [3.63, 3.8) is 0 Å². The number of rotatable bonds is 3. The minimum atomic E-state index is 0.0102. The van der Waals surface area contributed by atoms with Gasteiger partial charge in [0.1, 0.15) is 6.29 Å². The van der Waals surface area contributed by atoms with Crippen molar-refractivity contribution < 1.29 is 14.4 Å². The summed E-state index contributed by atoms with van der Waals surface area (Å²) < 4.78 is 0. The zero-order valence-corrected chi connectivity index (χ0v) is 16.1. The van der Waals surface area contributed by atoms with Crippen LogP contribution in [0, 0.1) is 5.92 Å². The van der Waals surface area contributed by atoms with Gasteiger partial charge in [0.05, 0.1) is 0 Å². The van der Waals surface area contributed by atoms with Crippen LogP contribution in [0.5, 0.6) is 0 Å². The van der Waals surface area contributed by atoms with Gasteiger partial charge in [0, 0.05) is 70.5 Å². The maximum atomic E-state index is 12.8. The summed E-state index contributed by atoms with van der Waals surface area (Å²) in [6.45, 7) is 4.12. The smallest absolute Gasteiger partial charge is 0.319 e. The summed E-state index contributed by atoms with van der Waals surface area (Å²) in [5.74, 6) is 0.287. The Morgan fingerprint density at radius 1 is 0.926 bits per heavy atom. The Hall–Kier alpha value is -2.57. The molecule has 3 rings (SSSR count). The van der Waals surface area contributed by atoms with Gasteiger partial charge in [-0.05, 0) is 37.1 Å². The third kappa shape index (κ3) is 4.40. The highest BCUT2D eigenvalue weighted by atomic mass is 16.2. The number of aldehydes is 1.